The number of carbonyl (C=O) groups excluding carboxylic acids is 1. The Hall–Kier alpha value is -0.770. The molecule has 0 aliphatic carbocycles. The van der Waals surface area contributed by atoms with E-state index >= 15 is 0 Å². The summed E-state index contributed by atoms with van der Waals surface area (Å²) >= 11 is 0. The smallest absolute Gasteiger partial charge is 0.410 e. The van der Waals surface area contributed by atoms with Crippen molar-refractivity contribution in [2.45, 2.75) is 58.2 Å². The molecule has 0 unspecified atom stereocenters. The highest BCUT2D eigenvalue weighted by Gasteiger charge is 2.30. The Morgan fingerprint density at radius 2 is 2.06 bits per heavy atom. The van der Waals surface area contributed by atoms with E-state index in [1.165, 1.54) is 0 Å². The van der Waals surface area contributed by atoms with Crippen LogP contribution in [0.1, 0.15) is 40.5 Å². The summed E-state index contributed by atoms with van der Waals surface area (Å²) in [6.07, 6.45) is 1.93. The van der Waals surface area contributed by atoms with Crippen LogP contribution in [-0.4, -0.2) is 42.3 Å². The van der Waals surface area contributed by atoms with Crippen LogP contribution in [0.15, 0.2) is 0 Å². The minimum Gasteiger partial charge on any atom is -0.444 e. The number of hydrogen-bond acceptors (Lipinski definition) is 3. The molecule has 1 aliphatic heterocycles. The minimum absolute atomic E-state index is 0.229. The molecule has 4 nitrogen and oxygen atoms in total. The van der Waals surface area contributed by atoms with Crippen molar-refractivity contribution in [2.75, 3.05) is 13.6 Å². The lowest BCUT2D eigenvalue weighted by atomic mass is 9.99. The molecule has 0 radical (unpaired) electrons. The molecule has 0 bridgehead atoms. The van der Waals surface area contributed by atoms with E-state index in [0.29, 0.717) is 6.04 Å². The molecule has 0 aromatic heterocycles. The maximum absolute atomic E-state index is 11.9. The molecule has 1 N–H and O–H groups in total. The molecule has 0 aromatic carbocycles. The fourth-order valence-corrected chi connectivity index (χ4v) is 2.03. The zero-order chi connectivity index (χ0) is 12.3. The largest absolute Gasteiger partial charge is 0.444 e. The first-order valence-electron chi connectivity index (χ1n) is 6.00. The molecule has 1 aliphatic rings. The number of nitrogens with one attached hydrogen (secondary N) is 1. The van der Waals surface area contributed by atoms with Crippen LogP contribution < -0.4 is 5.32 Å². The molecule has 0 spiro atoms. The van der Waals surface area contributed by atoms with Gasteiger partial charge in [0.1, 0.15) is 5.60 Å². The molecule has 94 valence electrons. The second-order valence-electron chi connectivity index (χ2n) is 5.54. The molecule has 1 saturated heterocycles. The van der Waals surface area contributed by atoms with Gasteiger partial charge in [0.15, 0.2) is 0 Å². The van der Waals surface area contributed by atoms with E-state index in [4.69, 9.17) is 4.74 Å². The lowest BCUT2D eigenvalue weighted by Gasteiger charge is -2.37. The van der Waals surface area contributed by atoms with E-state index in [-0.39, 0.29) is 12.1 Å². The van der Waals surface area contributed by atoms with E-state index in [9.17, 15) is 4.79 Å². The summed E-state index contributed by atoms with van der Waals surface area (Å²) in [6.45, 7) is 8.83. The van der Waals surface area contributed by atoms with E-state index in [0.717, 1.165) is 19.4 Å². The predicted molar refractivity (Wildman–Crippen MR) is 64.5 cm³/mol. The van der Waals surface area contributed by atoms with Gasteiger partial charge in [0, 0.05) is 19.1 Å². The third kappa shape index (κ3) is 3.67. The van der Waals surface area contributed by atoms with Crippen LogP contribution in [-0.2, 0) is 4.74 Å². The maximum Gasteiger partial charge on any atom is 0.410 e. The molecule has 16 heavy (non-hydrogen) atoms. The quantitative estimate of drug-likeness (QED) is 0.746. The summed E-state index contributed by atoms with van der Waals surface area (Å²) in [6, 6.07) is 0.579. The number of ether oxygens (including phenoxy) is 1. The zero-order valence-corrected chi connectivity index (χ0v) is 11.0. The molecular formula is C12H24N2O2. The molecule has 1 rings (SSSR count). The summed E-state index contributed by atoms with van der Waals surface area (Å²) < 4.78 is 5.36. The van der Waals surface area contributed by atoms with Gasteiger partial charge in [0.05, 0.1) is 0 Å². The van der Waals surface area contributed by atoms with E-state index in [1.807, 2.05) is 27.8 Å². The van der Waals surface area contributed by atoms with Crippen molar-refractivity contribution in [2.24, 2.45) is 0 Å². The van der Waals surface area contributed by atoms with Crippen LogP contribution >= 0.6 is 0 Å². The number of nitrogens with zero attached hydrogens (tertiary/aromatic N) is 1. The Kier molecular flexibility index (Phi) is 4.19. The normalized spacial score (nSPS) is 26.3. The highest BCUT2D eigenvalue weighted by Crippen LogP contribution is 2.17. The van der Waals surface area contributed by atoms with Gasteiger partial charge in [-0.1, -0.05) is 0 Å². The Morgan fingerprint density at radius 3 is 2.56 bits per heavy atom. The molecule has 0 aromatic rings. The number of amides is 1. The Balaban J connectivity index is 2.55. The number of hydrogen-bond donors (Lipinski definition) is 1. The third-order valence-corrected chi connectivity index (χ3v) is 2.90. The number of rotatable bonds is 1. The van der Waals surface area contributed by atoms with Gasteiger partial charge in [-0.2, -0.15) is 0 Å². The van der Waals surface area contributed by atoms with Gasteiger partial charge < -0.3 is 15.0 Å². The first-order chi connectivity index (χ1) is 7.31. The topological polar surface area (TPSA) is 41.6 Å². The van der Waals surface area contributed by atoms with Crippen molar-refractivity contribution in [1.82, 2.24) is 10.2 Å². The van der Waals surface area contributed by atoms with Crippen molar-refractivity contribution < 1.29 is 9.53 Å². The average Bonchev–Trinajstić information content (AvgIpc) is 2.15. The van der Waals surface area contributed by atoms with Crippen LogP contribution in [0.4, 0.5) is 4.79 Å². The summed E-state index contributed by atoms with van der Waals surface area (Å²) in [5, 5.41) is 3.38. The van der Waals surface area contributed by atoms with Crippen molar-refractivity contribution in [1.29, 1.82) is 0 Å². The van der Waals surface area contributed by atoms with Crippen LogP contribution in [0.5, 0.6) is 0 Å². The molecule has 0 saturated carbocycles. The average molecular weight is 228 g/mol. The monoisotopic (exact) mass is 228 g/mol. The van der Waals surface area contributed by atoms with Crippen LogP contribution in [0.25, 0.3) is 0 Å². The molecule has 4 heteroatoms. The number of likely N-dealkylation sites (N-methyl/N-ethyl adjacent to an activating group) is 1. The van der Waals surface area contributed by atoms with Gasteiger partial charge in [-0.25, -0.2) is 4.79 Å². The van der Waals surface area contributed by atoms with Crippen molar-refractivity contribution in [3.05, 3.63) is 0 Å². The molecular weight excluding hydrogens is 204 g/mol. The van der Waals surface area contributed by atoms with Crippen LogP contribution in [0.3, 0.4) is 0 Å². The van der Waals surface area contributed by atoms with Gasteiger partial charge in [-0.05, 0) is 47.1 Å². The van der Waals surface area contributed by atoms with Gasteiger partial charge >= 0.3 is 6.09 Å². The fourth-order valence-electron chi connectivity index (χ4n) is 2.03. The van der Waals surface area contributed by atoms with Crippen molar-refractivity contribution in [3.8, 4) is 0 Å². The standard InChI is InChI=1S/C12H24N2O2/c1-9-10(7-6-8-13-9)14(5)11(15)16-12(2,3)4/h9-10,13H,6-8H2,1-5H3/t9-,10+/m0/s1. The number of carbonyl (C=O) groups is 1. The third-order valence-electron chi connectivity index (χ3n) is 2.90. The van der Waals surface area contributed by atoms with Crippen LogP contribution in [0, 0.1) is 0 Å². The van der Waals surface area contributed by atoms with Crippen LogP contribution in [0.2, 0.25) is 0 Å². The van der Waals surface area contributed by atoms with Gasteiger partial charge in [0.2, 0.25) is 0 Å². The van der Waals surface area contributed by atoms with Gasteiger partial charge in [-0.3, -0.25) is 0 Å². The number of piperidine rings is 1. The second kappa shape index (κ2) is 5.04. The summed E-state index contributed by atoms with van der Waals surface area (Å²) in [7, 11) is 1.82. The summed E-state index contributed by atoms with van der Waals surface area (Å²) in [5.74, 6) is 0. The highest BCUT2D eigenvalue weighted by molar-refractivity contribution is 5.68. The first kappa shape index (κ1) is 13.3. The maximum atomic E-state index is 11.9. The second-order valence-corrected chi connectivity index (χ2v) is 5.54. The summed E-state index contributed by atoms with van der Waals surface area (Å²) in [5.41, 5.74) is -0.420. The summed E-state index contributed by atoms with van der Waals surface area (Å²) in [4.78, 5) is 13.6. The Bertz CT molecular complexity index is 248. The lowest BCUT2D eigenvalue weighted by Crippen LogP contribution is -2.53. The predicted octanol–water partition coefficient (Wildman–Crippen LogP) is 1.99. The van der Waals surface area contributed by atoms with E-state index < -0.39 is 5.60 Å². The molecule has 1 heterocycles. The minimum atomic E-state index is -0.420. The lowest BCUT2D eigenvalue weighted by molar-refractivity contribution is 0.0162. The van der Waals surface area contributed by atoms with Gasteiger partial charge in [-0.15, -0.1) is 0 Å². The first-order valence-corrected chi connectivity index (χ1v) is 6.00. The molecule has 1 fully saturated rings. The Morgan fingerprint density at radius 1 is 1.44 bits per heavy atom. The van der Waals surface area contributed by atoms with Crippen molar-refractivity contribution >= 4 is 6.09 Å². The highest BCUT2D eigenvalue weighted by atomic mass is 16.6. The fraction of sp³-hybridized carbons (Fsp3) is 0.917. The SMILES string of the molecule is C[C@@H]1NCCC[C@H]1N(C)C(=O)OC(C)(C)C. The zero-order valence-electron chi connectivity index (χ0n) is 11.0. The van der Waals surface area contributed by atoms with E-state index in [1.54, 1.807) is 4.90 Å². The molecule has 2 atom stereocenters. The van der Waals surface area contributed by atoms with Gasteiger partial charge in [0.25, 0.3) is 0 Å². The van der Waals surface area contributed by atoms with Crippen molar-refractivity contribution in [3.63, 3.8) is 0 Å². The van der Waals surface area contributed by atoms with E-state index in [2.05, 4.69) is 12.2 Å². The molecule has 1 amide bonds. The Labute approximate surface area is 98.3 Å².